The van der Waals surface area contributed by atoms with Crippen molar-refractivity contribution < 1.29 is 23.9 Å². The number of piperazine rings is 1. The van der Waals surface area contributed by atoms with E-state index in [1.807, 2.05) is 24.3 Å². The predicted molar refractivity (Wildman–Crippen MR) is 86.8 cm³/mol. The maximum atomic E-state index is 12.1. The number of ether oxygens (including phenoxy) is 2. The molecule has 1 heterocycles. The van der Waals surface area contributed by atoms with Gasteiger partial charge in [0.15, 0.2) is 0 Å². The van der Waals surface area contributed by atoms with Crippen LogP contribution in [0.3, 0.4) is 0 Å². The van der Waals surface area contributed by atoms with Crippen LogP contribution in [0.25, 0.3) is 0 Å². The smallest absolute Gasteiger partial charge is 0.396 e. The molecule has 1 N–H and O–H groups in total. The molecule has 0 atom stereocenters. The van der Waals surface area contributed by atoms with Crippen LogP contribution in [0.5, 0.6) is 5.75 Å². The van der Waals surface area contributed by atoms with Gasteiger partial charge in [-0.05, 0) is 24.3 Å². The molecule has 1 aliphatic rings. The third-order valence-corrected chi connectivity index (χ3v) is 3.84. The molecule has 8 nitrogen and oxygen atoms in total. The molecule has 130 valence electrons. The van der Waals surface area contributed by atoms with E-state index in [1.54, 1.807) is 12.0 Å². The molecule has 0 unspecified atom stereocenters. The van der Waals surface area contributed by atoms with Crippen LogP contribution in [0.4, 0.5) is 5.69 Å². The lowest BCUT2D eigenvalue weighted by Crippen LogP contribution is -2.51. The van der Waals surface area contributed by atoms with Gasteiger partial charge >= 0.3 is 11.9 Å². The second kappa shape index (κ2) is 8.19. The third-order valence-electron chi connectivity index (χ3n) is 3.84. The number of amides is 2. The van der Waals surface area contributed by atoms with Crippen molar-refractivity contribution >= 4 is 23.5 Å². The molecule has 0 aromatic heterocycles. The third kappa shape index (κ3) is 4.37. The highest BCUT2D eigenvalue weighted by Gasteiger charge is 2.22. The fraction of sp³-hybridized carbons (Fsp3) is 0.438. The highest BCUT2D eigenvalue weighted by Crippen LogP contribution is 2.20. The maximum Gasteiger partial charge on any atom is 0.396 e. The highest BCUT2D eigenvalue weighted by atomic mass is 16.5. The molecule has 1 aromatic rings. The van der Waals surface area contributed by atoms with E-state index in [0.29, 0.717) is 26.2 Å². The normalized spacial score (nSPS) is 14.1. The summed E-state index contributed by atoms with van der Waals surface area (Å²) < 4.78 is 9.42. The van der Waals surface area contributed by atoms with Gasteiger partial charge in [0.05, 0.1) is 20.8 Å². The zero-order valence-electron chi connectivity index (χ0n) is 13.8. The van der Waals surface area contributed by atoms with E-state index in [0.717, 1.165) is 18.5 Å². The summed E-state index contributed by atoms with van der Waals surface area (Å²) in [5.74, 6) is -1.34. The zero-order chi connectivity index (χ0) is 17.5. The number of carbonyl (C=O) groups is 3. The molecule has 1 aromatic carbocycles. The van der Waals surface area contributed by atoms with Gasteiger partial charge in [0.1, 0.15) is 5.75 Å². The van der Waals surface area contributed by atoms with Crippen LogP contribution >= 0.6 is 0 Å². The second-order valence-corrected chi connectivity index (χ2v) is 5.24. The number of rotatable bonds is 4. The molecule has 0 bridgehead atoms. The van der Waals surface area contributed by atoms with Gasteiger partial charge in [-0.2, -0.15) is 0 Å². The monoisotopic (exact) mass is 335 g/mol. The van der Waals surface area contributed by atoms with E-state index in [2.05, 4.69) is 15.0 Å². The molecule has 8 heteroatoms. The SMILES string of the molecule is COC(=O)C(=O)NCC(=O)N1CCN(c2ccc(OC)cc2)CC1. The first-order chi connectivity index (χ1) is 11.5. The van der Waals surface area contributed by atoms with Crippen molar-refractivity contribution in [1.82, 2.24) is 10.2 Å². The molecular weight excluding hydrogens is 314 g/mol. The van der Waals surface area contributed by atoms with E-state index in [1.165, 1.54) is 0 Å². The molecule has 1 fully saturated rings. The minimum Gasteiger partial charge on any atom is -0.497 e. The lowest BCUT2D eigenvalue weighted by Gasteiger charge is -2.36. The molecule has 2 rings (SSSR count). The van der Waals surface area contributed by atoms with Crippen LogP contribution in [-0.4, -0.2) is 69.6 Å². The van der Waals surface area contributed by atoms with Crippen molar-refractivity contribution in [1.29, 1.82) is 0 Å². The van der Waals surface area contributed by atoms with Gasteiger partial charge in [0.2, 0.25) is 5.91 Å². The summed E-state index contributed by atoms with van der Waals surface area (Å²) in [6, 6.07) is 7.75. The molecule has 1 aliphatic heterocycles. The number of hydrogen-bond acceptors (Lipinski definition) is 6. The van der Waals surface area contributed by atoms with Crippen LogP contribution in [0, 0.1) is 0 Å². The van der Waals surface area contributed by atoms with E-state index < -0.39 is 11.9 Å². The number of hydrogen-bond donors (Lipinski definition) is 1. The fourth-order valence-electron chi connectivity index (χ4n) is 2.44. The summed E-state index contributed by atoms with van der Waals surface area (Å²) in [7, 11) is 2.74. The van der Waals surface area contributed by atoms with E-state index in [9.17, 15) is 14.4 Å². The summed E-state index contributed by atoms with van der Waals surface area (Å²) in [6.45, 7) is 2.29. The standard InChI is InChI=1S/C16H21N3O5/c1-23-13-5-3-12(4-6-13)18-7-9-19(10-8-18)14(20)11-17-15(21)16(22)24-2/h3-6H,7-11H2,1-2H3,(H,17,21). The summed E-state index contributed by atoms with van der Waals surface area (Å²) in [4.78, 5) is 38.2. The number of esters is 1. The first-order valence-corrected chi connectivity index (χ1v) is 7.58. The van der Waals surface area contributed by atoms with E-state index >= 15 is 0 Å². The van der Waals surface area contributed by atoms with Crippen molar-refractivity contribution in [2.45, 2.75) is 0 Å². The fourth-order valence-corrected chi connectivity index (χ4v) is 2.44. The molecular formula is C16H21N3O5. The predicted octanol–water partition coefficient (Wildman–Crippen LogP) is -0.367. The Morgan fingerprint density at radius 1 is 1.04 bits per heavy atom. The van der Waals surface area contributed by atoms with Gasteiger partial charge in [0.25, 0.3) is 0 Å². The van der Waals surface area contributed by atoms with Crippen molar-refractivity contribution in [3.8, 4) is 5.75 Å². The number of carbonyl (C=O) groups excluding carboxylic acids is 3. The number of benzene rings is 1. The summed E-state index contributed by atoms with van der Waals surface area (Å²) in [6.07, 6.45) is 0. The minimum absolute atomic E-state index is 0.212. The van der Waals surface area contributed by atoms with E-state index in [-0.39, 0.29) is 12.5 Å². The van der Waals surface area contributed by atoms with Crippen LogP contribution in [-0.2, 0) is 19.1 Å². The topological polar surface area (TPSA) is 88.2 Å². The molecule has 24 heavy (non-hydrogen) atoms. The van der Waals surface area contributed by atoms with Gasteiger partial charge in [-0.25, -0.2) is 4.79 Å². The van der Waals surface area contributed by atoms with Crippen molar-refractivity contribution in [2.24, 2.45) is 0 Å². The maximum absolute atomic E-state index is 12.1. The lowest BCUT2D eigenvalue weighted by atomic mass is 10.2. The number of methoxy groups -OCH3 is 2. The van der Waals surface area contributed by atoms with Gasteiger partial charge in [-0.15, -0.1) is 0 Å². The van der Waals surface area contributed by atoms with Crippen LogP contribution in [0.1, 0.15) is 0 Å². The van der Waals surface area contributed by atoms with Gasteiger partial charge < -0.3 is 24.6 Å². The Balaban J connectivity index is 1.80. The van der Waals surface area contributed by atoms with Crippen LogP contribution < -0.4 is 15.0 Å². The van der Waals surface area contributed by atoms with Gasteiger partial charge in [-0.1, -0.05) is 0 Å². The zero-order valence-corrected chi connectivity index (χ0v) is 13.8. The number of nitrogens with zero attached hydrogens (tertiary/aromatic N) is 2. The molecule has 0 spiro atoms. The molecule has 2 amide bonds. The van der Waals surface area contributed by atoms with Gasteiger partial charge in [0, 0.05) is 31.9 Å². The van der Waals surface area contributed by atoms with Crippen LogP contribution in [0.2, 0.25) is 0 Å². The largest absolute Gasteiger partial charge is 0.497 e. The number of nitrogens with one attached hydrogen (secondary N) is 1. The number of anilines is 1. The highest BCUT2D eigenvalue weighted by molar-refractivity contribution is 6.32. The Bertz CT molecular complexity index is 594. The lowest BCUT2D eigenvalue weighted by molar-refractivity contribution is -0.153. The average Bonchev–Trinajstić information content (AvgIpc) is 2.65. The van der Waals surface area contributed by atoms with Gasteiger partial charge in [-0.3, -0.25) is 9.59 Å². The van der Waals surface area contributed by atoms with Crippen molar-refractivity contribution in [2.75, 3.05) is 51.8 Å². The minimum atomic E-state index is -1.01. The molecule has 1 saturated heterocycles. The molecule has 0 aliphatic carbocycles. The van der Waals surface area contributed by atoms with E-state index in [4.69, 9.17) is 4.74 Å². The first-order valence-electron chi connectivity index (χ1n) is 7.58. The Morgan fingerprint density at radius 3 is 2.21 bits per heavy atom. The van der Waals surface area contributed by atoms with Crippen LogP contribution in [0.15, 0.2) is 24.3 Å². The second-order valence-electron chi connectivity index (χ2n) is 5.24. The molecule has 0 radical (unpaired) electrons. The summed E-state index contributed by atoms with van der Waals surface area (Å²) >= 11 is 0. The Hall–Kier alpha value is -2.77. The van der Waals surface area contributed by atoms with Crippen molar-refractivity contribution in [3.63, 3.8) is 0 Å². The first kappa shape index (κ1) is 17.6. The average molecular weight is 335 g/mol. The Kier molecular flexibility index (Phi) is 6.00. The van der Waals surface area contributed by atoms with Crippen molar-refractivity contribution in [3.05, 3.63) is 24.3 Å². The molecule has 0 saturated carbocycles. The quantitative estimate of drug-likeness (QED) is 0.597. The Morgan fingerprint density at radius 2 is 1.67 bits per heavy atom. The Labute approximate surface area is 140 Å². The summed E-state index contributed by atoms with van der Waals surface area (Å²) in [5, 5.41) is 2.25. The summed E-state index contributed by atoms with van der Waals surface area (Å²) in [5.41, 5.74) is 1.07.